The molecular formula is C17H27Cl2FN2O. The highest BCUT2D eigenvalue weighted by molar-refractivity contribution is 5.85. The fourth-order valence-corrected chi connectivity index (χ4v) is 3.86. The van der Waals surface area contributed by atoms with Crippen LogP contribution in [0.1, 0.15) is 37.3 Å². The van der Waals surface area contributed by atoms with Crippen molar-refractivity contribution in [2.75, 3.05) is 33.3 Å². The standard InChI is InChI=1S/C17H25FN2O.2ClH/c1-21-14-6-7-15(16(18)12-14)17(13-4-2-3-5-13)20-10-8-19-9-11-20;;/h6-7,12-13,17,19H,2-5,8-11H2,1H3;2*1H/t17-;;/m0../s1. The molecule has 0 spiro atoms. The van der Waals surface area contributed by atoms with Crippen LogP contribution in [0.2, 0.25) is 0 Å². The molecule has 2 aliphatic rings. The van der Waals surface area contributed by atoms with Gasteiger partial charge in [-0.3, -0.25) is 4.90 Å². The van der Waals surface area contributed by atoms with Gasteiger partial charge in [-0.1, -0.05) is 18.9 Å². The van der Waals surface area contributed by atoms with Crippen molar-refractivity contribution in [1.29, 1.82) is 0 Å². The van der Waals surface area contributed by atoms with Crippen LogP contribution in [0.15, 0.2) is 18.2 Å². The average molecular weight is 365 g/mol. The van der Waals surface area contributed by atoms with Gasteiger partial charge in [-0.05, 0) is 24.8 Å². The van der Waals surface area contributed by atoms with Crippen LogP contribution >= 0.6 is 24.8 Å². The minimum Gasteiger partial charge on any atom is -0.497 e. The van der Waals surface area contributed by atoms with E-state index in [-0.39, 0.29) is 36.7 Å². The fraction of sp³-hybridized carbons (Fsp3) is 0.647. The zero-order valence-electron chi connectivity index (χ0n) is 13.6. The van der Waals surface area contributed by atoms with Crippen LogP contribution in [0.5, 0.6) is 5.75 Å². The number of rotatable bonds is 4. The zero-order chi connectivity index (χ0) is 14.7. The van der Waals surface area contributed by atoms with Gasteiger partial charge in [-0.25, -0.2) is 4.39 Å². The van der Waals surface area contributed by atoms with Crippen molar-refractivity contribution in [3.05, 3.63) is 29.6 Å². The Hall–Kier alpha value is -0.550. The van der Waals surface area contributed by atoms with E-state index in [1.54, 1.807) is 7.11 Å². The van der Waals surface area contributed by atoms with Gasteiger partial charge in [0.25, 0.3) is 0 Å². The molecule has 0 unspecified atom stereocenters. The van der Waals surface area contributed by atoms with Gasteiger partial charge in [0.1, 0.15) is 11.6 Å². The van der Waals surface area contributed by atoms with E-state index in [4.69, 9.17) is 4.74 Å². The average Bonchev–Trinajstić information content (AvgIpc) is 3.04. The first-order valence-electron chi connectivity index (χ1n) is 8.08. The van der Waals surface area contributed by atoms with Crippen LogP contribution in [0, 0.1) is 11.7 Å². The van der Waals surface area contributed by atoms with E-state index in [2.05, 4.69) is 10.2 Å². The molecule has 3 rings (SSSR count). The molecule has 0 radical (unpaired) electrons. The number of methoxy groups -OCH3 is 1. The van der Waals surface area contributed by atoms with Gasteiger partial charge >= 0.3 is 0 Å². The number of hydrogen-bond acceptors (Lipinski definition) is 3. The maximum atomic E-state index is 14.6. The Morgan fingerprint density at radius 1 is 1.17 bits per heavy atom. The number of piperazine rings is 1. The van der Waals surface area contributed by atoms with Crippen molar-refractivity contribution in [2.45, 2.75) is 31.7 Å². The Kier molecular flexibility index (Phi) is 8.62. The van der Waals surface area contributed by atoms with Gasteiger partial charge in [0, 0.05) is 43.9 Å². The summed E-state index contributed by atoms with van der Waals surface area (Å²) in [6.45, 7) is 4.02. The zero-order valence-corrected chi connectivity index (χ0v) is 15.2. The number of halogens is 3. The van der Waals surface area contributed by atoms with Gasteiger partial charge in [0.2, 0.25) is 0 Å². The molecule has 0 amide bonds. The Labute approximate surface area is 150 Å². The summed E-state index contributed by atoms with van der Waals surface area (Å²) < 4.78 is 19.7. The number of benzene rings is 1. The molecule has 132 valence electrons. The lowest BCUT2D eigenvalue weighted by molar-refractivity contribution is 0.122. The Balaban J connectivity index is 0.00000132. The number of nitrogens with zero attached hydrogens (tertiary/aromatic N) is 1. The molecule has 0 aromatic heterocycles. The smallest absolute Gasteiger partial charge is 0.131 e. The maximum absolute atomic E-state index is 14.6. The molecular weight excluding hydrogens is 338 g/mol. The first-order chi connectivity index (χ1) is 10.3. The lowest BCUT2D eigenvalue weighted by Gasteiger charge is -2.38. The van der Waals surface area contributed by atoms with Crippen LogP contribution in [0.4, 0.5) is 4.39 Å². The van der Waals surface area contributed by atoms with Gasteiger partial charge < -0.3 is 10.1 Å². The highest BCUT2D eigenvalue weighted by Gasteiger charge is 2.33. The lowest BCUT2D eigenvalue weighted by Crippen LogP contribution is -2.46. The SMILES string of the molecule is COc1ccc([C@H](C2CCCC2)N2CCNCC2)c(F)c1.Cl.Cl. The third-order valence-corrected chi connectivity index (χ3v) is 4.92. The molecule has 1 N–H and O–H groups in total. The molecule has 1 aromatic carbocycles. The van der Waals surface area contributed by atoms with Crippen molar-refractivity contribution in [1.82, 2.24) is 10.2 Å². The van der Waals surface area contributed by atoms with Crippen LogP contribution in [-0.4, -0.2) is 38.2 Å². The molecule has 1 atom stereocenters. The minimum absolute atomic E-state index is 0. The summed E-state index contributed by atoms with van der Waals surface area (Å²) in [6.07, 6.45) is 5.01. The molecule has 1 heterocycles. The van der Waals surface area contributed by atoms with E-state index in [1.807, 2.05) is 12.1 Å². The molecule has 0 bridgehead atoms. The van der Waals surface area contributed by atoms with Crippen LogP contribution in [0.3, 0.4) is 0 Å². The number of ether oxygens (including phenoxy) is 1. The second-order valence-electron chi connectivity index (χ2n) is 6.16. The fourth-order valence-electron chi connectivity index (χ4n) is 3.86. The van der Waals surface area contributed by atoms with Crippen LogP contribution in [-0.2, 0) is 0 Å². The summed E-state index contributed by atoms with van der Waals surface area (Å²) >= 11 is 0. The van der Waals surface area contributed by atoms with E-state index in [9.17, 15) is 4.39 Å². The predicted molar refractivity (Wildman–Crippen MR) is 96.6 cm³/mol. The van der Waals surface area contributed by atoms with Gasteiger partial charge in [0.05, 0.1) is 7.11 Å². The van der Waals surface area contributed by atoms with E-state index >= 15 is 0 Å². The van der Waals surface area contributed by atoms with E-state index < -0.39 is 0 Å². The molecule has 1 aliphatic carbocycles. The quantitative estimate of drug-likeness (QED) is 0.878. The van der Waals surface area contributed by atoms with E-state index in [1.165, 1.54) is 31.7 Å². The van der Waals surface area contributed by atoms with Gasteiger partial charge in [-0.2, -0.15) is 0 Å². The third-order valence-electron chi connectivity index (χ3n) is 4.92. The van der Waals surface area contributed by atoms with Crippen molar-refractivity contribution < 1.29 is 9.13 Å². The summed E-state index contributed by atoms with van der Waals surface area (Å²) in [5, 5.41) is 3.39. The summed E-state index contributed by atoms with van der Waals surface area (Å²) in [4.78, 5) is 2.47. The highest BCUT2D eigenvalue weighted by atomic mass is 35.5. The van der Waals surface area contributed by atoms with Crippen molar-refractivity contribution >= 4 is 24.8 Å². The van der Waals surface area contributed by atoms with E-state index in [0.717, 1.165) is 31.7 Å². The highest BCUT2D eigenvalue weighted by Crippen LogP contribution is 2.41. The molecule has 2 fully saturated rings. The normalized spacial score (nSPS) is 20.4. The molecule has 6 heteroatoms. The summed E-state index contributed by atoms with van der Waals surface area (Å²) in [5.41, 5.74) is 0.851. The minimum atomic E-state index is -0.121. The Bertz CT molecular complexity index is 478. The third kappa shape index (κ3) is 4.72. The first-order valence-corrected chi connectivity index (χ1v) is 8.08. The topological polar surface area (TPSA) is 24.5 Å². The summed E-state index contributed by atoms with van der Waals surface area (Å²) in [5.74, 6) is 1.07. The number of nitrogens with one attached hydrogen (secondary N) is 1. The second kappa shape index (κ2) is 9.67. The largest absolute Gasteiger partial charge is 0.497 e. The maximum Gasteiger partial charge on any atom is 0.131 e. The number of hydrogen-bond donors (Lipinski definition) is 1. The molecule has 3 nitrogen and oxygen atoms in total. The van der Waals surface area contributed by atoms with Crippen molar-refractivity contribution in [3.8, 4) is 5.75 Å². The van der Waals surface area contributed by atoms with Gasteiger partial charge in [0.15, 0.2) is 0 Å². The van der Waals surface area contributed by atoms with Crippen molar-refractivity contribution in [2.24, 2.45) is 5.92 Å². The second-order valence-corrected chi connectivity index (χ2v) is 6.16. The molecule has 1 saturated heterocycles. The first kappa shape index (κ1) is 20.5. The molecule has 1 aliphatic heterocycles. The Morgan fingerprint density at radius 3 is 2.39 bits per heavy atom. The molecule has 1 aromatic rings. The predicted octanol–water partition coefficient (Wildman–Crippen LogP) is 3.81. The Morgan fingerprint density at radius 2 is 1.83 bits per heavy atom. The van der Waals surface area contributed by atoms with Crippen molar-refractivity contribution in [3.63, 3.8) is 0 Å². The van der Waals surface area contributed by atoms with Gasteiger partial charge in [-0.15, -0.1) is 24.8 Å². The summed E-state index contributed by atoms with van der Waals surface area (Å²) in [6, 6.07) is 5.57. The lowest BCUT2D eigenvalue weighted by atomic mass is 9.89. The monoisotopic (exact) mass is 364 g/mol. The van der Waals surface area contributed by atoms with Crippen LogP contribution < -0.4 is 10.1 Å². The molecule has 1 saturated carbocycles. The van der Waals surface area contributed by atoms with Crippen LogP contribution in [0.25, 0.3) is 0 Å². The van der Waals surface area contributed by atoms with E-state index in [0.29, 0.717) is 11.7 Å². The summed E-state index contributed by atoms with van der Waals surface area (Å²) in [7, 11) is 1.58. The molecule has 23 heavy (non-hydrogen) atoms.